The maximum absolute atomic E-state index is 12.9. The van der Waals surface area contributed by atoms with Gasteiger partial charge in [0.05, 0.1) is 24.0 Å². The Balaban J connectivity index is 1.83. The van der Waals surface area contributed by atoms with E-state index in [4.69, 9.17) is 5.73 Å². The summed E-state index contributed by atoms with van der Waals surface area (Å²) in [6.45, 7) is 2.10. The number of nitrogens with one attached hydrogen (secondary N) is 1. The number of nitrogens with two attached hydrogens (primary N) is 1. The molecule has 1 amide bonds. The van der Waals surface area contributed by atoms with E-state index in [1.165, 1.54) is 4.68 Å². The minimum atomic E-state index is -4.46. The SMILES string of the molecule is Cc1cc(Nc2cc(C(F)(F)F)ccn2)nc(-c2cn(CCC(N)=O)nn2)c1. The monoisotopic (exact) mass is 391 g/mol. The third-order valence-corrected chi connectivity index (χ3v) is 3.70. The molecule has 0 bridgehead atoms. The minimum Gasteiger partial charge on any atom is -0.370 e. The van der Waals surface area contributed by atoms with Crippen LogP contribution in [0.4, 0.5) is 24.8 Å². The van der Waals surface area contributed by atoms with Crippen LogP contribution in [-0.4, -0.2) is 30.9 Å². The molecule has 0 aliphatic rings. The van der Waals surface area contributed by atoms with E-state index in [0.717, 1.165) is 23.9 Å². The third kappa shape index (κ3) is 4.81. The smallest absolute Gasteiger partial charge is 0.370 e. The van der Waals surface area contributed by atoms with Crippen LogP contribution in [0.3, 0.4) is 0 Å². The summed E-state index contributed by atoms with van der Waals surface area (Å²) >= 11 is 0. The molecule has 0 atom stereocenters. The van der Waals surface area contributed by atoms with E-state index < -0.39 is 17.6 Å². The molecule has 0 fully saturated rings. The number of carbonyl (C=O) groups excluding carboxylic acids is 1. The van der Waals surface area contributed by atoms with E-state index in [1.54, 1.807) is 18.3 Å². The normalized spacial score (nSPS) is 11.4. The Morgan fingerprint density at radius 1 is 1.21 bits per heavy atom. The Labute approximate surface area is 157 Å². The van der Waals surface area contributed by atoms with Crippen LogP contribution in [-0.2, 0) is 17.5 Å². The Morgan fingerprint density at radius 2 is 2.00 bits per heavy atom. The Bertz CT molecular complexity index is 1000. The van der Waals surface area contributed by atoms with Crippen LogP contribution in [0.5, 0.6) is 0 Å². The highest BCUT2D eigenvalue weighted by Crippen LogP contribution is 2.30. The number of carbonyl (C=O) groups is 1. The Kier molecular flexibility index (Phi) is 5.25. The number of aromatic nitrogens is 5. The number of rotatable bonds is 6. The van der Waals surface area contributed by atoms with E-state index in [-0.39, 0.29) is 18.8 Å². The largest absolute Gasteiger partial charge is 0.416 e. The molecule has 3 heterocycles. The summed E-state index contributed by atoms with van der Waals surface area (Å²) < 4.78 is 40.0. The van der Waals surface area contributed by atoms with Crippen LogP contribution < -0.4 is 11.1 Å². The van der Waals surface area contributed by atoms with Crippen LogP contribution in [0, 0.1) is 6.92 Å². The third-order valence-electron chi connectivity index (χ3n) is 3.70. The lowest BCUT2D eigenvalue weighted by molar-refractivity contribution is -0.137. The molecule has 3 N–H and O–H groups in total. The predicted molar refractivity (Wildman–Crippen MR) is 94.3 cm³/mol. The fourth-order valence-electron chi connectivity index (χ4n) is 2.42. The highest BCUT2D eigenvalue weighted by atomic mass is 19.4. The number of alkyl halides is 3. The number of hydrogen-bond acceptors (Lipinski definition) is 6. The number of anilines is 2. The summed E-state index contributed by atoms with van der Waals surface area (Å²) in [5, 5.41) is 10.7. The van der Waals surface area contributed by atoms with E-state index in [1.807, 2.05) is 6.92 Å². The molecule has 0 aliphatic heterocycles. The molecule has 0 aliphatic carbocycles. The number of hydrogen-bond donors (Lipinski definition) is 2. The van der Waals surface area contributed by atoms with Gasteiger partial charge in [-0.25, -0.2) is 9.97 Å². The molecule has 3 aromatic heterocycles. The average Bonchev–Trinajstić information content (AvgIpc) is 3.08. The molecule has 0 radical (unpaired) electrons. The van der Waals surface area contributed by atoms with Crippen molar-refractivity contribution in [1.82, 2.24) is 25.0 Å². The zero-order valence-electron chi connectivity index (χ0n) is 14.7. The second kappa shape index (κ2) is 7.62. The zero-order valence-corrected chi connectivity index (χ0v) is 14.7. The van der Waals surface area contributed by atoms with Crippen molar-refractivity contribution in [2.45, 2.75) is 26.1 Å². The number of nitrogens with zero attached hydrogens (tertiary/aromatic N) is 5. The molecule has 3 aromatic rings. The predicted octanol–water partition coefficient (Wildman–Crippen LogP) is 2.68. The van der Waals surface area contributed by atoms with Gasteiger partial charge in [-0.1, -0.05) is 5.21 Å². The van der Waals surface area contributed by atoms with Gasteiger partial charge >= 0.3 is 6.18 Å². The van der Waals surface area contributed by atoms with Gasteiger partial charge in [0.25, 0.3) is 0 Å². The number of pyridine rings is 2. The first-order valence-corrected chi connectivity index (χ1v) is 8.18. The summed E-state index contributed by atoms with van der Waals surface area (Å²) in [6.07, 6.45) is -1.66. The summed E-state index contributed by atoms with van der Waals surface area (Å²) in [7, 11) is 0. The quantitative estimate of drug-likeness (QED) is 0.668. The average molecular weight is 391 g/mol. The maximum atomic E-state index is 12.9. The number of halogens is 3. The van der Waals surface area contributed by atoms with Crippen molar-refractivity contribution in [2.75, 3.05) is 5.32 Å². The van der Waals surface area contributed by atoms with Crippen molar-refractivity contribution in [1.29, 1.82) is 0 Å². The van der Waals surface area contributed by atoms with Gasteiger partial charge in [-0.05, 0) is 36.8 Å². The van der Waals surface area contributed by atoms with Gasteiger partial charge in [0.2, 0.25) is 5.91 Å². The molecule has 0 unspecified atom stereocenters. The van der Waals surface area contributed by atoms with Crippen LogP contribution in [0.1, 0.15) is 17.5 Å². The molecule has 8 nitrogen and oxygen atoms in total. The van der Waals surface area contributed by atoms with Crippen molar-refractivity contribution in [3.63, 3.8) is 0 Å². The fourth-order valence-corrected chi connectivity index (χ4v) is 2.42. The second-order valence-corrected chi connectivity index (χ2v) is 6.05. The molecule has 0 saturated carbocycles. The van der Waals surface area contributed by atoms with Crippen LogP contribution in [0.25, 0.3) is 11.4 Å². The van der Waals surface area contributed by atoms with E-state index in [2.05, 4.69) is 25.6 Å². The van der Waals surface area contributed by atoms with Crippen LogP contribution in [0.15, 0.2) is 36.7 Å². The van der Waals surface area contributed by atoms with Crippen molar-refractivity contribution in [2.24, 2.45) is 5.73 Å². The van der Waals surface area contributed by atoms with Crippen molar-refractivity contribution < 1.29 is 18.0 Å². The van der Waals surface area contributed by atoms with Gasteiger partial charge in [-0.2, -0.15) is 13.2 Å². The standard InChI is InChI=1S/C17H16F3N7O/c1-10-6-12(13-9-27(26-25-13)5-3-14(21)28)23-16(7-10)24-15-8-11(2-4-22-15)17(18,19)20/h2,4,6-9H,3,5H2,1H3,(H2,21,28)(H,22,23,24). The molecular weight excluding hydrogens is 375 g/mol. The summed E-state index contributed by atoms with van der Waals surface area (Å²) in [4.78, 5) is 19.1. The topological polar surface area (TPSA) is 112 Å². The maximum Gasteiger partial charge on any atom is 0.416 e. The van der Waals surface area contributed by atoms with E-state index >= 15 is 0 Å². The number of amides is 1. The van der Waals surface area contributed by atoms with Gasteiger partial charge in [-0.15, -0.1) is 5.10 Å². The summed E-state index contributed by atoms with van der Waals surface area (Å²) in [6, 6.07) is 5.23. The van der Waals surface area contributed by atoms with Crippen molar-refractivity contribution >= 4 is 17.5 Å². The Hall–Kier alpha value is -3.50. The molecule has 146 valence electrons. The van der Waals surface area contributed by atoms with E-state index in [9.17, 15) is 18.0 Å². The lowest BCUT2D eigenvalue weighted by Gasteiger charge is -2.10. The highest BCUT2D eigenvalue weighted by Gasteiger charge is 2.30. The Morgan fingerprint density at radius 3 is 2.71 bits per heavy atom. The first-order chi connectivity index (χ1) is 13.2. The van der Waals surface area contributed by atoms with Crippen molar-refractivity contribution in [3.8, 4) is 11.4 Å². The minimum absolute atomic E-state index is 0.0176. The van der Waals surface area contributed by atoms with Gasteiger partial charge in [0, 0.05) is 12.6 Å². The molecular formula is C17H16F3N7O. The number of primary amides is 1. The summed E-state index contributed by atoms with van der Waals surface area (Å²) in [5.41, 5.74) is 6.04. The van der Waals surface area contributed by atoms with Crippen LogP contribution in [0.2, 0.25) is 0 Å². The molecule has 28 heavy (non-hydrogen) atoms. The molecule has 0 aromatic carbocycles. The van der Waals surface area contributed by atoms with Crippen molar-refractivity contribution in [3.05, 3.63) is 47.8 Å². The van der Waals surface area contributed by atoms with E-state index in [0.29, 0.717) is 17.2 Å². The lowest BCUT2D eigenvalue weighted by atomic mass is 10.2. The van der Waals surface area contributed by atoms with Gasteiger partial charge in [-0.3, -0.25) is 9.48 Å². The lowest BCUT2D eigenvalue weighted by Crippen LogP contribution is -2.14. The van der Waals surface area contributed by atoms with Gasteiger partial charge < -0.3 is 11.1 Å². The summed E-state index contributed by atoms with van der Waals surface area (Å²) in [5.74, 6) is -0.122. The zero-order chi connectivity index (χ0) is 20.3. The number of aryl methyl sites for hydroxylation is 2. The molecule has 0 saturated heterocycles. The van der Waals surface area contributed by atoms with Gasteiger partial charge in [0.1, 0.15) is 17.3 Å². The highest BCUT2D eigenvalue weighted by molar-refractivity contribution is 5.73. The first kappa shape index (κ1) is 19.3. The molecule has 11 heteroatoms. The molecule has 0 spiro atoms. The fraction of sp³-hybridized carbons (Fsp3) is 0.235. The second-order valence-electron chi connectivity index (χ2n) is 6.05. The first-order valence-electron chi connectivity index (χ1n) is 8.18. The van der Waals surface area contributed by atoms with Crippen LogP contribution >= 0.6 is 0 Å². The van der Waals surface area contributed by atoms with Gasteiger partial charge in [0.15, 0.2) is 0 Å². The molecule has 3 rings (SSSR count).